The zero-order valence-corrected chi connectivity index (χ0v) is 16.2. The maximum atomic E-state index is 3.55. The summed E-state index contributed by atoms with van der Waals surface area (Å²) in [6.45, 7) is 16.2. The van der Waals surface area contributed by atoms with Crippen molar-refractivity contribution >= 4 is 0 Å². The lowest BCUT2D eigenvalue weighted by molar-refractivity contribution is -0.0201. The topological polar surface area (TPSA) is 15.3 Å². The fraction of sp³-hybridized carbons (Fsp3) is 1.00. The number of hydrogen-bond donors (Lipinski definition) is 1. The second-order valence-electron chi connectivity index (χ2n) is 8.43. The third-order valence-corrected chi connectivity index (χ3v) is 4.17. The molecule has 1 unspecified atom stereocenters. The molecule has 0 spiro atoms. The minimum atomic E-state index is 0.188. The van der Waals surface area contributed by atoms with Crippen LogP contribution in [0.5, 0.6) is 0 Å². The summed E-state index contributed by atoms with van der Waals surface area (Å²) in [4.78, 5) is 2.64. The monoisotopic (exact) mass is 298 g/mol. The Morgan fingerprint density at radius 3 is 1.57 bits per heavy atom. The summed E-state index contributed by atoms with van der Waals surface area (Å²) in [5.74, 6) is 0. The molecule has 0 saturated carbocycles. The molecule has 0 aromatic rings. The van der Waals surface area contributed by atoms with Gasteiger partial charge in [-0.05, 0) is 55.0 Å². The highest BCUT2D eigenvalue weighted by Gasteiger charge is 2.36. The first-order valence-electron chi connectivity index (χ1n) is 9.11. The average Bonchev–Trinajstić information content (AvgIpc) is 2.32. The Hall–Kier alpha value is -0.0800. The summed E-state index contributed by atoms with van der Waals surface area (Å²) in [6, 6.07) is 0. The van der Waals surface area contributed by atoms with Gasteiger partial charge in [0.2, 0.25) is 0 Å². The van der Waals surface area contributed by atoms with Crippen LogP contribution in [0.15, 0.2) is 0 Å². The minimum Gasteiger partial charge on any atom is -0.305 e. The van der Waals surface area contributed by atoms with Gasteiger partial charge in [0.05, 0.1) is 6.17 Å². The van der Waals surface area contributed by atoms with Crippen LogP contribution in [0.4, 0.5) is 0 Å². The van der Waals surface area contributed by atoms with Crippen molar-refractivity contribution in [3.63, 3.8) is 0 Å². The number of unbranched alkanes of at least 4 members (excludes halogenated alkanes) is 6. The van der Waals surface area contributed by atoms with Crippen LogP contribution in [0.3, 0.4) is 0 Å². The van der Waals surface area contributed by atoms with Crippen LogP contribution in [0, 0.1) is 0 Å². The van der Waals surface area contributed by atoms with Crippen LogP contribution in [0.25, 0.3) is 0 Å². The van der Waals surface area contributed by atoms with E-state index in [0.29, 0.717) is 6.17 Å². The van der Waals surface area contributed by atoms with Crippen molar-refractivity contribution < 1.29 is 0 Å². The molecular formula is C19H42N2. The van der Waals surface area contributed by atoms with Crippen molar-refractivity contribution in [2.24, 2.45) is 0 Å². The smallest absolute Gasteiger partial charge is 0.0603 e. The van der Waals surface area contributed by atoms with E-state index < -0.39 is 0 Å². The van der Waals surface area contributed by atoms with Gasteiger partial charge in [-0.3, -0.25) is 4.90 Å². The van der Waals surface area contributed by atoms with E-state index in [1.54, 1.807) is 0 Å². The highest BCUT2D eigenvalue weighted by atomic mass is 15.3. The molecule has 0 amide bonds. The van der Waals surface area contributed by atoms with E-state index in [-0.39, 0.29) is 11.1 Å². The fourth-order valence-electron chi connectivity index (χ4n) is 3.64. The Morgan fingerprint density at radius 2 is 1.19 bits per heavy atom. The van der Waals surface area contributed by atoms with Gasteiger partial charge in [0, 0.05) is 11.1 Å². The zero-order valence-electron chi connectivity index (χ0n) is 16.2. The van der Waals surface area contributed by atoms with E-state index in [0.717, 1.165) is 0 Å². The van der Waals surface area contributed by atoms with E-state index in [4.69, 9.17) is 0 Å². The predicted molar refractivity (Wildman–Crippen MR) is 96.8 cm³/mol. The summed E-state index contributed by atoms with van der Waals surface area (Å²) in [5.41, 5.74) is 0.375. The lowest BCUT2D eigenvalue weighted by Crippen LogP contribution is -2.61. The molecule has 1 N–H and O–H groups in total. The molecule has 0 fully saturated rings. The number of rotatable bonds is 10. The average molecular weight is 299 g/mol. The van der Waals surface area contributed by atoms with Crippen molar-refractivity contribution in [3.05, 3.63) is 0 Å². The van der Waals surface area contributed by atoms with Crippen LogP contribution in [-0.4, -0.2) is 29.2 Å². The second-order valence-corrected chi connectivity index (χ2v) is 8.43. The van der Waals surface area contributed by atoms with Crippen LogP contribution in [0.1, 0.15) is 99.8 Å². The lowest BCUT2D eigenvalue weighted by Gasteiger charge is -2.50. The summed E-state index contributed by atoms with van der Waals surface area (Å²) in [5, 5.41) is 3.55. The number of nitrogens with zero attached hydrogens (tertiary/aromatic N) is 1. The van der Waals surface area contributed by atoms with E-state index >= 15 is 0 Å². The SMILES string of the molecule is CCCCCCCCCC(NC)N(C(C)(C)C)C(C)(C)C. The maximum Gasteiger partial charge on any atom is 0.0603 e. The summed E-state index contributed by atoms with van der Waals surface area (Å²) in [6.07, 6.45) is 11.4. The van der Waals surface area contributed by atoms with Crippen LogP contribution in [-0.2, 0) is 0 Å². The Bertz CT molecular complexity index is 233. The first kappa shape index (κ1) is 20.9. The van der Waals surface area contributed by atoms with Gasteiger partial charge in [-0.2, -0.15) is 0 Å². The molecular weight excluding hydrogens is 256 g/mol. The van der Waals surface area contributed by atoms with Gasteiger partial charge < -0.3 is 5.32 Å². The molecule has 0 rings (SSSR count). The van der Waals surface area contributed by atoms with Gasteiger partial charge in [-0.15, -0.1) is 0 Å². The summed E-state index contributed by atoms with van der Waals surface area (Å²) < 4.78 is 0. The molecule has 0 radical (unpaired) electrons. The van der Waals surface area contributed by atoms with E-state index in [1.807, 2.05) is 0 Å². The third-order valence-electron chi connectivity index (χ3n) is 4.17. The standard InChI is InChI=1S/C19H42N2/c1-9-10-11-12-13-14-15-16-17(20-8)21(18(2,3)4)19(5,6)7/h17,20H,9-16H2,1-8H3. The van der Waals surface area contributed by atoms with Crippen LogP contribution >= 0.6 is 0 Å². The molecule has 1 atom stereocenters. The van der Waals surface area contributed by atoms with Gasteiger partial charge in [-0.25, -0.2) is 0 Å². The molecule has 0 bridgehead atoms. The largest absolute Gasteiger partial charge is 0.305 e. The predicted octanol–water partition coefficient (Wildman–Crippen LogP) is 5.57. The Labute approximate surface area is 135 Å². The molecule has 0 aliphatic heterocycles. The van der Waals surface area contributed by atoms with Gasteiger partial charge in [-0.1, -0.05) is 51.9 Å². The summed E-state index contributed by atoms with van der Waals surface area (Å²) >= 11 is 0. The van der Waals surface area contributed by atoms with Gasteiger partial charge >= 0.3 is 0 Å². The normalized spacial score (nSPS) is 14.7. The quantitative estimate of drug-likeness (QED) is 0.419. The third kappa shape index (κ3) is 8.83. The molecule has 2 nitrogen and oxygen atoms in total. The highest BCUT2D eigenvalue weighted by molar-refractivity contribution is 4.90. The molecule has 0 aliphatic carbocycles. The molecule has 0 aromatic carbocycles. The van der Waals surface area contributed by atoms with Crippen LogP contribution < -0.4 is 5.32 Å². The molecule has 0 aliphatic rings. The molecule has 0 heterocycles. The lowest BCUT2D eigenvalue weighted by atomic mass is 9.93. The molecule has 21 heavy (non-hydrogen) atoms. The first-order chi connectivity index (χ1) is 9.64. The van der Waals surface area contributed by atoms with E-state index in [9.17, 15) is 0 Å². The maximum absolute atomic E-state index is 3.55. The van der Waals surface area contributed by atoms with Crippen molar-refractivity contribution in [2.75, 3.05) is 7.05 Å². The van der Waals surface area contributed by atoms with E-state index in [2.05, 4.69) is 65.7 Å². The summed E-state index contributed by atoms with van der Waals surface area (Å²) in [7, 11) is 2.11. The Kier molecular flexibility index (Phi) is 9.80. The van der Waals surface area contributed by atoms with Crippen molar-refractivity contribution in [2.45, 2.75) is 117 Å². The van der Waals surface area contributed by atoms with E-state index in [1.165, 1.54) is 51.4 Å². The van der Waals surface area contributed by atoms with Gasteiger partial charge in [0.15, 0.2) is 0 Å². The van der Waals surface area contributed by atoms with Gasteiger partial charge in [0.1, 0.15) is 0 Å². The highest BCUT2D eigenvalue weighted by Crippen LogP contribution is 2.28. The molecule has 128 valence electrons. The minimum absolute atomic E-state index is 0.188. The van der Waals surface area contributed by atoms with Crippen LogP contribution in [0.2, 0.25) is 0 Å². The molecule has 2 heteroatoms. The number of hydrogen-bond acceptors (Lipinski definition) is 2. The second kappa shape index (κ2) is 9.84. The number of nitrogens with one attached hydrogen (secondary N) is 1. The van der Waals surface area contributed by atoms with Crippen molar-refractivity contribution in [1.82, 2.24) is 10.2 Å². The van der Waals surface area contributed by atoms with Gasteiger partial charge in [0.25, 0.3) is 0 Å². The zero-order chi connectivity index (χ0) is 16.5. The van der Waals surface area contributed by atoms with Crippen molar-refractivity contribution in [3.8, 4) is 0 Å². The Balaban J connectivity index is 4.29. The fourth-order valence-corrected chi connectivity index (χ4v) is 3.64. The van der Waals surface area contributed by atoms with Crippen molar-refractivity contribution in [1.29, 1.82) is 0 Å². The first-order valence-corrected chi connectivity index (χ1v) is 9.11. The molecule has 0 saturated heterocycles. The Morgan fingerprint density at radius 1 is 0.762 bits per heavy atom. The molecule has 0 aromatic heterocycles.